The Morgan fingerprint density at radius 3 is 2.91 bits per heavy atom. The average Bonchev–Trinajstić information content (AvgIpc) is 2.92. The van der Waals surface area contributed by atoms with E-state index in [1.54, 1.807) is 6.07 Å². The number of benzene rings is 2. The van der Waals surface area contributed by atoms with Crippen molar-refractivity contribution in [1.82, 2.24) is 9.97 Å². The van der Waals surface area contributed by atoms with Crippen LogP contribution in [-0.4, -0.2) is 21.0 Å². The van der Waals surface area contributed by atoms with Crippen LogP contribution in [0.2, 0.25) is 5.02 Å². The third-order valence-electron chi connectivity index (χ3n) is 3.26. The number of carbonyl (C=O) groups excluding carboxylic acids is 1. The lowest BCUT2D eigenvalue weighted by Crippen LogP contribution is -2.12. The Labute approximate surface area is 132 Å². The number of nitrogens with zero attached hydrogens (tertiary/aromatic N) is 1. The Hall–Kier alpha value is -2.53. The Morgan fingerprint density at radius 1 is 1.27 bits per heavy atom. The fourth-order valence-electron chi connectivity index (χ4n) is 2.18. The molecule has 1 heterocycles. The second kappa shape index (κ2) is 6.07. The van der Waals surface area contributed by atoms with Gasteiger partial charge < -0.3 is 15.4 Å². The molecular weight excluding hydrogens is 302 g/mol. The molecule has 0 radical (unpaired) electrons. The number of aryl methyl sites for hydroxylation is 1. The highest BCUT2D eigenvalue weighted by Crippen LogP contribution is 2.26. The fraction of sp³-hybridized carbons (Fsp3) is 0.125. The highest BCUT2D eigenvalue weighted by molar-refractivity contribution is 6.31. The molecule has 22 heavy (non-hydrogen) atoms. The number of hydrogen-bond acceptors (Lipinski definition) is 3. The van der Waals surface area contributed by atoms with Crippen LogP contribution < -0.4 is 5.32 Å². The molecule has 6 heteroatoms. The number of imidazole rings is 1. The molecule has 0 unspecified atom stereocenters. The van der Waals surface area contributed by atoms with Crippen LogP contribution in [-0.2, 0) is 11.2 Å². The summed E-state index contributed by atoms with van der Waals surface area (Å²) in [5.74, 6) is 0.533. The first-order valence-corrected chi connectivity index (χ1v) is 7.21. The van der Waals surface area contributed by atoms with Crippen molar-refractivity contribution in [3.05, 3.63) is 53.3 Å². The molecule has 0 aliphatic rings. The molecule has 5 nitrogen and oxygen atoms in total. The monoisotopic (exact) mass is 315 g/mol. The molecule has 3 aromatic rings. The number of hydrogen-bond donors (Lipinski definition) is 3. The zero-order valence-corrected chi connectivity index (χ0v) is 12.4. The SMILES string of the molecule is O=C(CCc1nc2ccccc2[nH]1)Nc1cc(Cl)ccc1O. The third kappa shape index (κ3) is 3.20. The van der Waals surface area contributed by atoms with E-state index in [1.807, 2.05) is 24.3 Å². The maximum absolute atomic E-state index is 12.0. The molecule has 3 rings (SSSR count). The summed E-state index contributed by atoms with van der Waals surface area (Å²) in [6.45, 7) is 0. The molecule has 0 bridgehead atoms. The van der Waals surface area contributed by atoms with Crippen LogP contribution in [0.1, 0.15) is 12.2 Å². The second-order valence-electron chi connectivity index (χ2n) is 4.91. The normalized spacial score (nSPS) is 10.8. The van der Waals surface area contributed by atoms with Gasteiger partial charge in [0.25, 0.3) is 0 Å². The number of aromatic hydroxyl groups is 1. The highest BCUT2D eigenvalue weighted by atomic mass is 35.5. The number of H-pyrrole nitrogens is 1. The van der Waals surface area contributed by atoms with E-state index in [4.69, 9.17) is 11.6 Å². The minimum absolute atomic E-state index is 0.0125. The zero-order chi connectivity index (χ0) is 15.5. The molecule has 112 valence electrons. The molecule has 2 aromatic carbocycles. The summed E-state index contributed by atoms with van der Waals surface area (Å²) < 4.78 is 0. The maximum atomic E-state index is 12.0. The average molecular weight is 316 g/mol. The number of aromatic amines is 1. The van der Waals surface area contributed by atoms with Crippen molar-refractivity contribution in [3.8, 4) is 5.75 Å². The van der Waals surface area contributed by atoms with Gasteiger partial charge in [0.1, 0.15) is 11.6 Å². The van der Waals surface area contributed by atoms with Crippen LogP contribution in [0, 0.1) is 0 Å². The molecule has 3 N–H and O–H groups in total. The van der Waals surface area contributed by atoms with Gasteiger partial charge in [-0.15, -0.1) is 0 Å². The number of phenolic OH excluding ortho intramolecular Hbond substituents is 1. The van der Waals surface area contributed by atoms with Crippen molar-refractivity contribution in [1.29, 1.82) is 0 Å². The summed E-state index contributed by atoms with van der Waals surface area (Å²) in [7, 11) is 0. The molecule has 0 spiro atoms. The lowest BCUT2D eigenvalue weighted by Gasteiger charge is -2.07. The molecule has 0 aliphatic heterocycles. The van der Waals surface area contributed by atoms with E-state index >= 15 is 0 Å². The topological polar surface area (TPSA) is 78.0 Å². The fourth-order valence-corrected chi connectivity index (χ4v) is 2.35. The smallest absolute Gasteiger partial charge is 0.224 e. The Balaban J connectivity index is 1.63. The van der Waals surface area contributed by atoms with Gasteiger partial charge in [-0.3, -0.25) is 4.79 Å². The number of phenols is 1. The van der Waals surface area contributed by atoms with Crippen LogP contribution in [0.4, 0.5) is 5.69 Å². The summed E-state index contributed by atoms with van der Waals surface area (Å²) in [4.78, 5) is 19.5. The van der Waals surface area contributed by atoms with Gasteiger partial charge in [-0.2, -0.15) is 0 Å². The number of anilines is 1. The predicted molar refractivity (Wildman–Crippen MR) is 86.2 cm³/mol. The largest absolute Gasteiger partial charge is 0.506 e. The molecule has 0 aliphatic carbocycles. The third-order valence-corrected chi connectivity index (χ3v) is 3.50. The quantitative estimate of drug-likeness (QED) is 0.645. The number of nitrogens with one attached hydrogen (secondary N) is 2. The summed E-state index contributed by atoms with van der Waals surface area (Å²) in [5, 5.41) is 12.8. The van der Waals surface area contributed by atoms with E-state index in [9.17, 15) is 9.90 Å². The number of fused-ring (bicyclic) bond motifs is 1. The first-order chi connectivity index (χ1) is 10.6. The van der Waals surface area contributed by atoms with Gasteiger partial charge in [0, 0.05) is 17.9 Å². The number of para-hydroxylation sites is 2. The molecule has 0 saturated heterocycles. The number of aromatic nitrogens is 2. The van der Waals surface area contributed by atoms with Gasteiger partial charge in [0.2, 0.25) is 5.91 Å². The molecular formula is C16H14ClN3O2. The first kappa shape index (κ1) is 14.4. The van der Waals surface area contributed by atoms with Gasteiger partial charge in [-0.1, -0.05) is 23.7 Å². The van der Waals surface area contributed by atoms with E-state index in [0.29, 0.717) is 17.1 Å². The second-order valence-corrected chi connectivity index (χ2v) is 5.35. The standard InChI is InChI=1S/C16H14ClN3O2/c17-10-5-6-14(21)13(9-10)20-16(22)8-7-15-18-11-3-1-2-4-12(11)19-15/h1-6,9,21H,7-8H2,(H,18,19)(H,20,22). The number of halogens is 1. The molecule has 0 fully saturated rings. The molecule has 0 saturated carbocycles. The van der Waals surface area contributed by atoms with E-state index in [-0.39, 0.29) is 18.1 Å². The lowest BCUT2D eigenvalue weighted by molar-refractivity contribution is -0.116. The van der Waals surface area contributed by atoms with Crippen molar-refractivity contribution in [2.24, 2.45) is 0 Å². The van der Waals surface area contributed by atoms with Crippen molar-refractivity contribution in [2.75, 3.05) is 5.32 Å². The summed E-state index contributed by atoms with van der Waals surface area (Å²) >= 11 is 5.84. The maximum Gasteiger partial charge on any atom is 0.224 e. The minimum Gasteiger partial charge on any atom is -0.506 e. The van der Waals surface area contributed by atoms with Gasteiger partial charge in [0.15, 0.2) is 0 Å². The van der Waals surface area contributed by atoms with E-state index in [2.05, 4.69) is 15.3 Å². The molecule has 1 amide bonds. The van der Waals surface area contributed by atoms with Gasteiger partial charge in [-0.05, 0) is 30.3 Å². The van der Waals surface area contributed by atoms with Crippen molar-refractivity contribution in [2.45, 2.75) is 12.8 Å². The van der Waals surface area contributed by atoms with Gasteiger partial charge in [0.05, 0.1) is 16.7 Å². The Bertz CT molecular complexity index is 796. The van der Waals surface area contributed by atoms with E-state index in [0.717, 1.165) is 16.9 Å². The number of rotatable bonds is 4. The van der Waals surface area contributed by atoms with Crippen molar-refractivity contribution >= 4 is 34.2 Å². The van der Waals surface area contributed by atoms with Crippen LogP contribution in [0.3, 0.4) is 0 Å². The van der Waals surface area contributed by atoms with Crippen LogP contribution in [0.25, 0.3) is 11.0 Å². The molecule has 0 atom stereocenters. The summed E-state index contributed by atoms with van der Waals surface area (Å²) in [5.41, 5.74) is 2.14. The summed E-state index contributed by atoms with van der Waals surface area (Å²) in [6, 6.07) is 12.2. The van der Waals surface area contributed by atoms with Crippen LogP contribution >= 0.6 is 11.6 Å². The van der Waals surface area contributed by atoms with Gasteiger partial charge >= 0.3 is 0 Å². The Kier molecular flexibility index (Phi) is 3.98. The van der Waals surface area contributed by atoms with Crippen molar-refractivity contribution < 1.29 is 9.90 Å². The Morgan fingerprint density at radius 2 is 2.09 bits per heavy atom. The van der Waals surface area contributed by atoms with E-state index < -0.39 is 0 Å². The molecule has 1 aromatic heterocycles. The van der Waals surface area contributed by atoms with Crippen LogP contribution in [0.15, 0.2) is 42.5 Å². The van der Waals surface area contributed by atoms with Gasteiger partial charge in [-0.25, -0.2) is 4.98 Å². The van der Waals surface area contributed by atoms with Crippen molar-refractivity contribution in [3.63, 3.8) is 0 Å². The first-order valence-electron chi connectivity index (χ1n) is 6.84. The lowest BCUT2D eigenvalue weighted by atomic mass is 10.2. The summed E-state index contributed by atoms with van der Waals surface area (Å²) in [6.07, 6.45) is 0.744. The van der Waals surface area contributed by atoms with Crippen LogP contribution in [0.5, 0.6) is 5.75 Å². The van der Waals surface area contributed by atoms with E-state index in [1.165, 1.54) is 12.1 Å². The zero-order valence-electron chi connectivity index (χ0n) is 11.6. The predicted octanol–water partition coefficient (Wildman–Crippen LogP) is 3.49. The minimum atomic E-state index is -0.210. The number of amides is 1. The highest BCUT2D eigenvalue weighted by Gasteiger charge is 2.09. The number of carbonyl (C=O) groups is 1.